The Morgan fingerprint density at radius 3 is 2.52 bits per heavy atom. The van der Waals surface area contributed by atoms with Gasteiger partial charge < -0.3 is 10.1 Å². The van der Waals surface area contributed by atoms with Crippen LogP contribution in [-0.2, 0) is 15.0 Å². The molecule has 2 aromatic rings. The van der Waals surface area contributed by atoms with Crippen molar-refractivity contribution in [3.8, 4) is 5.75 Å². The molecule has 0 unspecified atom stereocenters. The molecule has 2 aromatic carbocycles. The molecule has 9 nitrogen and oxygen atoms in total. The van der Waals surface area contributed by atoms with Crippen molar-refractivity contribution < 1.29 is 31.6 Å². The van der Waals surface area contributed by atoms with Gasteiger partial charge in [0.15, 0.2) is 5.78 Å². The fraction of sp³-hybridized carbons (Fsp3) is 0.125. The number of hydrogen-bond donors (Lipinski definition) is 1. The van der Waals surface area contributed by atoms with Gasteiger partial charge in [-0.1, -0.05) is 12.1 Å². The molecule has 142 valence electrons. The van der Waals surface area contributed by atoms with Crippen LogP contribution in [0.1, 0.15) is 16.8 Å². The molecule has 0 aromatic heterocycles. The Morgan fingerprint density at radius 2 is 1.93 bits per heavy atom. The summed E-state index contributed by atoms with van der Waals surface area (Å²) in [6.45, 7) is 0. The monoisotopic (exact) mass is 396 g/mol. The standard InChI is InChI=1S/C16H13FN2O7S/c1-26-15-6-5-12(27(17,24)25)8-13(15)18-16(21)9-14(20)10-3-2-4-11(7-10)19(22)23/h2-8H,9H2,1H3,(H,18,21). The number of rotatable bonds is 7. The number of nitro groups is 1. The van der Waals surface area contributed by atoms with Gasteiger partial charge in [-0.05, 0) is 18.2 Å². The van der Waals surface area contributed by atoms with Crippen LogP contribution in [0, 0.1) is 10.1 Å². The van der Waals surface area contributed by atoms with Crippen molar-refractivity contribution in [1.82, 2.24) is 0 Å². The topological polar surface area (TPSA) is 133 Å². The molecule has 0 spiro atoms. The summed E-state index contributed by atoms with van der Waals surface area (Å²) in [5.41, 5.74) is -0.483. The van der Waals surface area contributed by atoms with Gasteiger partial charge in [0.05, 0.1) is 24.1 Å². The lowest BCUT2D eigenvalue weighted by Gasteiger charge is -2.11. The molecule has 11 heteroatoms. The molecule has 0 atom stereocenters. The van der Waals surface area contributed by atoms with E-state index in [9.17, 15) is 32.0 Å². The summed E-state index contributed by atoms with van der Waals surface area (Å²) in [7, 11) is -3.75. The minimum Gasteiger partial charge on any atom is -0.495 e. The first-order valence-electron chi connectivity index (χ1n) is 7.32. The van der Waals surface area contributed by atoms with Crippen molar-refractivity contribution in [2.24, 2.45) is 0 Å². The predicted octanol–water partition coefficient (Wildman–Crippen LogP) is 2.47. The summed E-state index contributed by atoms with van der Waals surface area (Å²) in [4.78, 5) is 33.6. The van der Waals surface area contributed by atoms with Crippen LogP contribution in [0.3, 0.4) is 0 Å². The van der Waals surface area contributed by atoms with Gasteiger partial charge in [-0.2, -0.15) is 8.42 Å². The van der Waals surface area contributed by atoms with E-state index in [0.29, 0.717) is 0 Å². The van der Waals surface area contributed by atoms with Crippen molar-refractivity contribution in [3.05, 3.63) is 58.1 Å². The third-order valence-electron chi connectivity index (χ3n) is 3.43. The number of carbonyl (C=O) groups excluding carboxylic acids is 2. The number of ether oxygens (including phenoxy) is 1. The third kappa shape index (κ3) is 5.07. The minimum absolute atomic E-state index is 0.0357. The molecule has 2 rings (SSSR count). The van der Waals surface area contributed by atoms with Gasteiger partial charge in [-0.3, -0.25) is 19.7 Å². The van der Waals surface area contributed by atoms with E-state index in [4.69, 9.17) is 4.74 Å². The van der Waals surface area contributed by atoms with Crippen LogP contribution < -0.4 is 10.1 Å². The number of methoxy groups -OCH3 is 1. The highest BCUT2D eigenvalue weighted by atomic mass is 32.3. The number of Topliss-reactive ketones (excluding diaryl/α,β-unsaturated/α-hetero) is 1. The molecular weight excluding hydrogens is 383 g/mol. The van der Waals surface area contributed by atoms with E-state index in [1.165, 1.54) is 25.3 Å². The number of benzene rings is 2. The second-order valence-corrected chi connectivity index (χ2v) is 6.60. The van der Waals surface area contributed by atoms with Gasteiger partial charge in [0.25, 0.3) is 5.69 Å². The summed E-state index contributed by atoms with van der Waals surface area (Å²) in [5.74, 6) is -1.47. The number of nitrogens with one attached hydrogen (secondary N) is 1. The minimum atomic E-state index is -5.00. The van der Waals surface area contributed by atoms with Crippen molar-refractivity contribution in [2.45, 2.75) is 11.3 Å². The van der Waals surface area contributed by atoms with Crippen LogP contribution >= 0.6 is 0 Å². The number of ketones is 1. The van der Waals surface area contributed by atoms with Gasteiger partial charge in [-0.25, -0.2) is 0 Å². The average Bonchev–Trinajstić information content (AvgIpc) is 2.60. The fourth-order valence-corrected chi connectivity index (χ4v) is 2.66. The zero-order valence-electron chi connectivity index (χ0n) is 13.8. The maximum Gasteiger partial charge on any atom is 0.332 e. The molecule has 0 aliphatic heterocycles. The smallest absolute Gasteiger partial charge is 0.332 e. The van der Waals surface area contributed by atoms with Gasteiger partial charge in [0.2, 0.25) is 5.91 Å². The number of non-ortho nitro benzene ring substituents is 1. The molecule has 27 heavy (non-hydrogen) atoms. The molecule has 1 amide bonds. The molecule has 0 saturated carbocycles. The van der Waals surface area contributed by atoms with E-state index in [1.54, 1.807) is 0 Å². The second kappa shape index (κ2) is 7.91. The summed E-state index contributed by atoms with van der Waals surface area (Å²) < 4.78 is 40.1. The fourth-order valence-electron chi connectivity index (χ4n) is 2.17. The van der Waals surface area contributed by atoms with E-state index < -0.39 is 38.2 Å². The second-order valence-electron chi connectivity index (χ2n) is 5.26. The number of nitro benzene ring substituents is 1. The number of hydrogen-bond acceptors (Lipinski definition) is 7. The first-order valence-corrected chi connectivity index (χ1v) is 8.70. The highest BCUT2D eigenvalue weighted by molar-refractivity contribution is 7.86. The van der Waals surface area contributed by atoms with E-state index in [0.717, 1.165) is 24.3 Å². The van der Waals surface area contributed by atoms with E-state index >= 15 is 0 Å². The molecule has 0 heterocycles. The van der Waals surface area contributed by atoms with Crippen LogP contribution in [0.4, 0.5) is 15.3 Å². The maximum atomic E-state index is 13.1. The van der Waals surface area contributed by atoms with Crippen LogP contribution in [0.2, 0.25) is 0 Å². The predicted molar refractivity (Wildman–Crippen MR) is 92.0 cm³/mol. The van der Waals surface area contributed by atoms with E-state index in [2.05, 4.69) is 5.32 Å². The molecule has 0 fully saturated rings. The Balaban J connectivity index is 2.19. The molecule has 1 N–H and O–H groups in total. The average molecular weight is 396 g/mol. The van der Waals surface area contributed by atoms with Crippen molar-refractivity contribution in [2.75, 3.05) is 12.4 Å². The molecular formula is C16H13FN2O7S. The van der Waals surface area contributed by atoms with Crippen LogP contribution in [0.15, 0.2) is 47.4 Å². The molecule has 0 saturated heterocycles. The zero-order valence-corrected chi connectivity index (χ0v) is 14.7. The highest BCUT2D eigenvalue weighted by Crippen LogP contribution is 2.28. The Hall–Kier alpha value is -3.34. The highest BCUT2D eigenvalue weighted by Gasteiger charge is 2.19. The normalized spacial score (nSPS) is 10.9. The quantitative estimate of drug-likeness (QED) is 0.250. The van der Waals surface area contributed by atoms with Crippen molar-refractivity contribution in [1.29, 1.82) is 0 Å². The largest absolute Gasteiger partial charge is 0.495 e. The Bertz CT molecular complexity index is 1020. The Kier molecular flexibility index (Phi) is 5.85. The molecule has 0 bridgehead atoms. The number of anilines is 1. The lowest BCUT2D eigenvalue weighted by Crippen LogP contribution is -2.17. The zero-order chi connectivity index (χ0) is 20.2. The van der Waals surface area contributed by atoms with Crippen LogP contribution in [-0.4, -0.2) is 32.1 Å². The number of amides is 1. The van der Waals surface area contributed by atoms with Crippen LogP contribution in [0.25, 0.3) is 0 Å². The Morgan fingerprint density at radius 1 is 1.22 bits per heavy atom. The first kappa shape index (κ1) is 20.0. The van der Waals surface area contributed by atoms with Crippen molar-refractivity contribution in [3.63, 3.8) is 0 Å². The molecule has 0 aliphatic rings. The Labute approximate surface area is 153 Å². The van der Waals surface area contributed by atoms with Crippen molar-refractivity contribution >= 4 is 33.3 Å². The number of nitrogens with zero attached hydrogens (tertiary/aromatic N) is 1. The van der Waals surface area contributed by atoms with Gasteiger partial charge in [-0.15, -0.1) is 3.89 Å². The summed E-state index contributed by atoms with van der Waals surface area (Å²) in [6.07, 6.45) is -0.670. The van der Waals surface area contributed by atoms with E-state index in [1.807, 2.05) is 0 Å². The first-order chi connectivity index (χ1) is 12.6. The number of carbonyl (C=O) groups is 2. The SMILES string of the molecule is COc1ccc(S(=O)(=O)F)cc1NC(=O)CC(=O)c1cccc([N+](=O)[O-])c1. The van der Waals surface area contributed by atoms with Gasteiger partial charge >= 0.3 is 10.2 Å². The number of halogens is 1. The van der Waals surface area contributed by atoms with Gasteiger partial charge in [0, 0.05) is 17.7 Å². The lowest BCUT2D eigenvalue weighted by atomic mass is 10.1. The lowest BCUT2D eigenvalue weighted by molar-refractivity contribution is -0.384. The van der Waals surface area contributed by atoms with E-state index in [-0.39, 0.29) is 22.7 Å². The van der Waals surface area contributed by atoms with Crippen LogP contribution in [0.5, 0.6) is 5.75 Å². The summed E-state index contributed by atoms with van der Waals surface area (Å²) in [6, 6.07) is 7.81. The molecule has 0 aliphatic carbocycles. The third-order valence-corrected chi connectivity index (χ3v) is 4.24. The maximum absolute atomic E-state index is 13.1. The van der Waals surface area contributed by atoms with Gasteiger partial charge in [0.1, 0.15) is 10.6 Å². The summed E-state index contributed by atoms with van der Waals surface area (Å²) >= 11 is 0. The summed E-state index contributed by atoms with van der Waals surface area (Å²) in [5, 5.41) is 13.0. The molecule has 0 radical (unpaired) electrons.